The van der Waals surface area contributed by atoms with E-state index in [1.54, 1.807) is 12.1 Å². The van der Waals surface area contributed by atoms with E-state index < -0.39 is 4.92 Å². The van der Waals surface area contributed by atoms with E-state index >= 15 is 0 Å². The largest absolute Gasteiger partial charge is 0.383 e. The Morgan fingerprint density at radius 1 is 1.08 bits per heavy atom. The number of amides is 1. The maximum atomic E-state index is 11.9. The van der Waals surface area contributed by atoms with Crippen molar-refractivity contribution in [2.75, 3.05) is 18.4 Å². The van der Waals surface area contributed by atoms with Gasteiger partial charge in [-0.25, -0.2) is 0 Å². The van der Waals surface area contributed by atoms with E-state index in [-0.39, 0.29) is 17.5 Å². The zero-order valence-corrected chi connectivity index (χ0v) is 13.6. The summed E-state index contributed by atoms with van der Waals surface area (Å²) in [5.41, 5.74) is 1.99. The SMILES string of the molecule is CC(CC(=O)NCCNc1ccc([N+](=O)[O-])cc1)c1ccccc1. The van der Waals surface area contributed by atoms with Crippen molar-refractivity contribution < 1.29 is 9.72 Å². The lowest BCUT2D eigenvalue weighted by Gasteiger charge is -2.12. The highest BCUT2D eigenvalue weighted by molar-refractivity contribution is 5.76. The first kappa shape index (κ1) is 17.5. The summed E-state index contributed by atoms with van der Waals surface area (Å²) in [6.07, 6.45) is 0.446. The lowest BCUT2D eigenvalue weighted by molar-refractivity contribution is -0.384. The molecule has 0 bridgehead atoms. The molecule has 2 aromatic carbocycles. The Labute approximate surface area is 141 Å². The van der Waals surface area contributed by atoms with Gasteiger partial charge in [0.1, 0.15) is 0 Å². The number of nitro groups is 1. The molecule has 24 heavy (non-hydrogen) atoms. The molecule has 0 spiro atoms. The number of rotatable bonds is 8. The van der Waals surface area contributed by atoms with E-state index in [0.29, 0.717) is 19.5 Å². The van der Waals surface area contributed by atoms with Crippen molar-refractivity contribution in [1.29, 1.82) is 0 Å². The molecule has 0 saturated heterocycles. The maximum Gasteiger partial charge on any atom is 0.269 e. The van der Waals surface area contributed by atoms with E-state index in [4.69, 9.17) is 0 Å². The van der Waals surface area contributed by atoms with Crippen molar-refractivity contribution in [3.8, 4) is 0 Å². The molecular weight excluding hydrogens is 306 g/mol. The van der Waals surface area contributed by atoms with Gasteiger partial charge in [-0.2, -0.15) is 0 Å². The summed E-state index contributed by atoms with van der Waals surface area (Å²) < 4.78 is 0. The quantitative estimate of drug-likeness (QED) is 0.442. The van der Waals surface area contributed by atoms with Gasteiger partial charge in [-0.3, -0.25) is 14.9 Å². The Kier molecular flexibility index (Phi) is 6.31. The molecule has 1 amide bonds. The zero-order chi connectivity index (χ0) is 17.4. The van der Waals surface area contributed by atoms with E-state index in [1.165, 1.54) is 12.1 Å². The van der Waals surface area contributed by atoms with Crippen LogP contribution in [0.15, 0.2) is 54.6 Å². The van der Waals surface area contributed by atoms with Crippen LogP contribution >= 0.6 is 0 Å². The maximum absolute atomic E-state index is 11.9. The second kappa shape index (κ2) is 8.67. The Balaban J connectivity index is 1.68. The molecule has 0 aliphatic rings. The molecule has 1 atom stereocenters. The van der Waals surface area contributed by atoms with Gasteiger partial charge in [-0.05, 0) is 23.6 Å². The second-order valence-electron chi connectivity index (χ2n) is 5.60. The van der Waals surface area contributed by atoms with Gasteiger partial charge in [0.05, 0.1) is 4.92 Å². The Bertz CT molecular complexity index is 672. The van der Waals surface area contributed by atoms with Crippen molar-refractivity contribution in [3.05, 3.63) is 70.3 Å². The Morgan fingerprint density at radius 2 is 1.75 bits per heavy atom. The summed E-state index contributed by atoms with van der Waals surface area (Å²) in [4.78, 5) is 22.1. The predicted octanol–water partition coefficient (Wildman–Crippen LogP) is 3.32. The normalized spacial score (nSPS) is 11.5. The summed E-state index contributed by atoms with van der Waals surface area (Å²) in [5.74, 6) is 0.186. The lowest BCUT2D eigenvalue weighted by atomic mass is 9.98. The summed E-state index contributed by atoms with van der Waals surface area (Å²) in [7, 11) is 0. The van der Waals surface area contributed by atoms with E-state index in [2.05, 4.69) is 10.6 Å². The first-order valence-electron chi connectivity index (χ1n) is 7.86. The standard InChI is InChI=1S/C18H21N3O3/c1-14(15-5-3-2-4-6-15)13-18(22)20-12-11-19-16-7-9-17(10-8-16)21(23)24/h2-10,14,19H,11-13H2,1H3,(H,20,22). The van der Waals surface area contributed by atoms with Crippen LogP contribution < -0.4 is 10.6 Å². The average molecular weight is 327 g/mol. The topological polar surface area (TPSA) is 84.3 Å². The molecule has 1 unspecified atom stereocenters. The summed E-state index contributed by atoms with van der Waals surface area (Å²) in [5, 5.41) is 16.6. The van der Waals surface area contributed by atoms with E-state index in [0.717, 1.165) is 11.3 Å². The van der Waals surface area contributed by atoms with Crippen LogP contribution in [-0.2, 0) is 4.79 Å². The van der Waals surface area contributed by atoms with Crippen LogP contribution in [0, 0.1) is 10.1 Å². The minimum atomic E-state index is -0.433. The molecule has 2 aromatic rings. The van der Waals surface area contributed by atoms with Gasteiger partial charge in [0.25, 0.3) is 5.69 Å². The van der Waals surface area contributed by atoms with Crippen LogP contribution in [0.5, 0.6) is 0 Å². The van der Waals surface area contributed by atoms with Crippen LogP contribution in [-0.4, -0.2) is 23.9 Å². The van der Waals surface area contributed by atoms with Crippen LogP contribution in [0.2, 0.25) is 0 Å². The molecular formula is C18H21N3O3. The van der Waals surface area contributed by atoms with Crippen LogP contribution in [0.4, 0.5) is 11.4 Å². The van der Waals surface area contributed by atoms with Crippen molar-refractivity contribution in [2.45, 2.75) is 19.3 Å². The third kappa shape index (κ3) is 5.39. The van der Waals surface area contributed by atoms with Gasteiger partial charge in [-0.15, -0.1) is 0 Å². The first-order chi connectivity index (χ1) is 11.6. The minimum Gasteiger partial charge on any atom is -0.383 e. The van der Waals surface area contributed by atoms with Gasteiger partial charge >= 0.3 is 0 Å². The molecule has 0 heterocycles. The number of hydrogen-bond donors (Lipinski definition) is 2. The van der Waals surface area contributed by atoms with Crippen LogP contribution in [0.3, 0.4) is 0 Å². The van der Waals surface area contributed by atoms with E-state index in [9.17, 15) is 14.9 Å². The summed E-state index contributed by atoms with van der Waals surface area (Å²) in [6, 6.07) is 16.1. The predicted molar refractivity (Wildman–Crippen MR) is 94.1 cm³/mol. The number of nitrogens with zero attached hydrogens (tertiary/aromatic N) is 1. The fourth-order valence-electron chi connectivity index (χ4n) is 2.36. The fraction of sp³-hybridized carbons (Fsp3) is 0.278. The Hall–Kier alpha value is -2.89. The molecule has 0 radical (unpaired) electrons. The number of non-ortho nitro benzene ring substituents is 1. The molecule has 0 aliphatic carbocycles. The summed E-state index contributed by atoms with van der Waals surface area (Å²) in [6.45, 7) is 3.09. The van der Waals surface area contributed by atoms with Crippen molar-refractivity contribution in [1.82, 2.24) is 5.32 Å². The van der Waals surface area contributed by atoms with Gasteiger partial charge in [0.15, 0.2) is 0 Å². The summed E-state index contributed by atoms with van der Waals surface area (Å²) >= 11 is 0. The van der Waals surface area contributed by atoms with Crippen LogP contribution in [0.1, 0.15) is 24.8 Å². The zero-order valence-electron chi connectivity index (χ0n) is 13.6. The van der Waals surface area contributed by atoms with Gasteiger partial charge in [0.2, 0.25) is 5.91 Å². The van der Waals surface area contributed by atoms with Gasteiger partial charge in [-0.1, -0.05) is 37.3 Å². The van der Waals surface area contributed by atoms with Gasteiger partial charge < -0.3 is 10.6 Å². The second-order valence-corrected chi connectivity index (χ2v) is 5.60. The van der Waals surface area contributed by atoms with E-state index in [1.807, 2.05) is 37.3 Å². The van der Waals surface area contributed by atoms with Gasteiger partial charge in [0, 0.05) is 37.3 Å². The molecule has 0 aromatic heterocycles. The highest BCUT2D eigenvalue weighted by Gasteiger charge is 2.10. The number of hydrogen-bond acceptors (Lipinski definition) is 4. The number of nitro benzene ring substituents is 1. The molecule has 2 rings (SSSR count). The smallest absolute Gasteiger partial charge is 0.269 e. The molecule has 0 saturated carbocycles. The molecule has 6 nitrogen and oxygen atoms in total. The third-order valence-electron chi connectivity index (χ3n) is 3.71. The molecule has 2 N–H and O–H groups in total. The average Bonchev–Trinajstić information content (AvgIpc) is 2.60. The molecule has 126 valence electrons. The monoisotopic (exact) mass is 327 g/mol. The van der Waals surface area contributed by atoms with Crippen LogP contribution in [0.25, 0.3) is 0 Å². The molecule has 6 heteroatoms. The number of nitrogens with one attached hydrogen (secondary N) is 2. The number of carbonyl (C=O) groups excluding carboxylic acids is 1. The Morgan fingerprint density at radius 3 is 2.38 bits per heavy atom. The number of anilines is 1. The highest BCUT2D eigenvalue weighted by Crippen LogP contribution is 2.18. The fourth-order valence-corrected chi connectivity index (χ4v) is 2.36. The highest BCUT2D eigenvalue weighted by atomic mass is 16.6. The van der Waals surface area contributed by atoms with Crippen molar-refractivity contribution >= 4 is 17.3 Å². The van der Waals surface area contributed by atoms with Crippen molar-refractivity contribution in [3.63, 3.8) is 0 Å². The lowest BCUT2D eigenvalue weighted by Crippen LogP contribution is -2.29. The first-order valence-corrected chi connectivity index (χ1v) is 7.86. The number of carbonyl (C=O) groups is 1. The molecule has 0 fully saturated rings. The molecule has 0 aliphatic heterocycles. The van der Waals surface area contributed by atoms with Crippen molar-refractivity contribution in [2.24, 2.45) is 0 Å². The minimum absolute atomic E-state index is 0.0110. The third-order valence-corrected chi connectivity index (χ3v) is 3.71. The number of benzene rings is 2.